The van der Waals surface area contributed by atoms with E-state index < -0.39 is 12.1 Å². The fourth-order valence-electron chi connectivity index (χ4n) is 0.527. The molecular weight excluding hydrogens is 126 g/mol. The minimum Gasteiger partial charge on any atom is -0.279 e. The first kappa shape index (κ1) is 6.22. The first-order valence-electron chi connectivity index (χ1n) is 2.43. The summed E-state index contributed by atoms with van der Waals surface area (Å²) in [4.78, 5) is 0. The van der Waals surface area contributed by atoms with Crippen molar-refractivity contribution >= 4 is 0 Å². The monoisotopic (exact) mass is 132 g/mol. The molecule has 0 saturated heterocycles. The van der Waals surface area contributed by atoms with E-state index in [1.807, 2.05) is 0 Å². The number of halogens is 2. The zero-order chi connectivity index (χ0) is 6.85. The van der Waals surface area contributed by atoms with Gasteiger partial charge in [0, 0.05) is 0 Å². The van der Waals surface area contributed by atoms with E-state index in [9.17, 15) is 8.78 Å². The molecule has 50 valence electrons. The van der Waals surface area contributed by atoms with Crippen LogP contribution in [0.15, 0.2) is 24.2 Å². The summed E-state index contributed by atoms with van der Waals surface area (Å²) in [6.07, 6.45) is 1.57. The molecule has 2 N–H and O–H groups in total. The maximum absolute atomic E-state index is 12.3. The molecule has 1 heterocycles. The number of nitrogens with two attached hydrogens (primary N) is 1. The van der Waals surface area contributed by atoms with E-state index in [4.69, 9.17) is 5.84 Å². The summed E-state index contributed by atoms with van der Waals surface area (Å²) in [6, 6.07) is 0. The van der Waals surface area contributed by atoms with Crippen molar-refractivity contribution in [3.05, 3.63) is 24.2 Å². The van der Waals surface area contributed by atoms with Crippen LogP contribution in [0, 0.1) is 0 Å². The maximum atomic E-state index is 12.3. The molecule has 0 aromatic carbocycles. The highest BCUT2D eigenvalue weighted by molar-refractivity contribution is 5.16. The molecule has 4 heteroatoms. The smallest absolute Gasteiger partial charge is 0.204 e. The van der Waals surface area contributed by atoms with Gasteiger partial charge in [0.2, 0.25) is 6.30 Å². The van der Waals surface area contributed by atoms with Gasteiger partial charge in [0.15, 0.2) is 0 Å². The average molecular weight is 132 g/mol. The molecular formula is C5H6F2N2. The molecule has 0 fully saturated rings. The molecule has 2 nitrogen and oxygen atoms in total. The van der Waals surface area contributed by atoms with E-state index in [1.54, 1.807) is 0 Å². The second-order valence-corrected chi connectivity index (χ2v) is 1.69. The van der Waals surface area contributed by atoms with Gasteiger partial charge in [0.05, 0.1) is 6.20 Å². The van der Waals surface area contributed by atoms with Crippen molar-refractivity contribution in [3.8, 4) is 0 Å². The van der Waals surface area contributed by atoms with E-state index >= 15 is 0 Å². The normalized spacial score (nSPS) is 26.3. The minimum atomic E-state index is -1.40. The molecule has 1 atom stereocenters. The van der Waals surface area contributed by atoms with Crippen molar-refractivity contribution in [2.45, 2.75) is 6.30 Å². The number of allylic oxidation sites excluding steroid dienone is 2. The Hall–Kier alpha value is -0.900. The summed E-state index contributed by atoms with van der Waals surface area (Å²) in [6.45, 7) is 0. The lowest BCUT2D eigenvalue weighted by atomic mass is 10.3. The second-order valence-electron chi connectivity index (χ2n) is 1.69. The van der Waals surface area contributed by atoms with Crippen LogP contribution in [-0.2, 0) is 0 Å². The summed E-state index contributed by atoms with van der Waals surface area (Å²) in [5.41, 5.74) is 0. The Morgan fingerprint density at radius 3 is 2.78 bits per heavy atom. The standard InChI is InChI=1S/C5H6F2N2/c6-4-1-2-5(7)9(8)3-4/h1-3,5H,8H2. The van der Waals surface area contributed by atoms with Gasteiger partial charge < -0.3 is 0 Å². The fourth-order valence-corrected chi connectivity index (χ4v) is 0.527. The van der Waals surface area contributed by atoms with E-state index in [0.29, 0.717) is 5.01 Å². The van der Waals surface area contributed by atoms with Crippen LogP contribution in [0.25, 0.3) is 0 Å². The number of alkyl halides is 1. The van der Waals surface area contributed by atoms with E-state index in [0.717, 1.165) is 18.4 Å². The van der Waals surface area contributed by atoms with Crippen molar-refractivity contribution < 1.29 is 8.78 Å². The number of nitrogens with zero attached hydrogens (tertiary/aromatic N) is 1. The predicted molar refractivity (Wildman–Crippen MR) is 29.3 cm³/mol. The van der Waals surface area contributed by atoms with Gasteiger partial charge in [-0.1, -0.05) is 0 Å². The highest BCUT2D eigenvalue weighted by atomic mass is 19.1. The fraction of sp³-hybridized carbons (Fsp3) is 0.200. The Bertz CT molecular complexity index is 164. The van der Waals surface area contributed by atoms with Crippen molar-refractivity contribution in [2.75, 3.05) is 0 Å². The molecule has 1 aliphatic rings. The quantitative estimate of drug-likeness (QED) is 0.391. The average Bonchev–Trinajstić information content (AvgIpc) is 1.80. The molecule has 0 radical (unpaired) electrons. The molecule has 0 saturated carbocycles. The van der Waals surface area contributed by atoms with Gasteiger partial charge in [-0.05, 0) is 12.2 Å². The van der Waals surface area contributed by atoms with Crippen LogP contribution in [0.3, 0.4) is 0 Å². The van der Waals surface area contributed by atoms with Gasteiger partial charge in [-0.2, -0.15) is 0 Å². The Kier molecular flexibility index (Phi) is 1.48. The van der Waals surface area contributed by atoms with E-state index in [1.165, 1.54) is 0 Å². The molecule has 0 aromatic heterocycles. The first-order chi connectivity index (χ1) is 4.20. The molecule has 0 amide bonds. The maximum Gasteiger partial charge on any atom is 0.204 e. The number of rotatable bonds is 0. The number of hydrogen-bond donors (Lipinski definition) is 1. The topological polar surface area (TPSA) is 29.3 Å². The minimum absolute atomic E-state index is 0.536. The third-order valence-electron chi connectivity index (χ3n) is 0.971. The molecule has 9 heavy (non-hydrogen) atoms. The second kappa shape index (κ2) is 2.14. The third kappa shape index (κ3) is 1.26. The van der Waals surface area contributed by atoms with Crippen molar-refractivity contribution in [3.63, 3.8) is 0 Å². The lowest BCUT2D eigenvalue weighted by Crippen LogP contribution is -2.33. The van der Waals surface area contributed by atoms with E-state index in [-0.39, 0.29) is 0 Å². The van der Waals surface area contributed by atoms with Gasteiger partial charge in [0.25, 0.3) is 0 Å². The zero-order valence-electron chi connectivity index (χ0n) is 4.59. The molecule has 0 aromatic rings. The summed E-state index contributed by atoms with van der Waals surface area (Å²) < 4.78 is 24.3. The van der Waals surface area contributed by atoms with Crippen LogP contribution in [0.5, 0.6) is 0 Å². The van der Waals surface area contributed by atoms with Crippen molar-refractivity contribution in [1.29, 1.82) is 0 Å². The van der Waals surface area contributed by atoms with Crippen LogP contribution in [0.1, 0.15) is 0 Å². The Morgan fingerprint density at radius 2 is 2.33 bits per heavy atom. The third-order valence-corrected chi connectivity index (χ3v) is 0.971. The van der Waals surface area contributed by atoms with Crippen molar-refractivity contribution in [1.82, 2.24) is 5.01 Å². The summed E-state index contributed by atoms with van der Waals surface area (Å²) in [5.74, 6) is 4.42. The molecule has 1 aliphatic heterocycles. The van der Waals surface area contributed by atoms with E-state index in [2.05, 4.69) is 0 Å². The van der Waals surface area contributed by atoms with Gasteiger partial charge in [0.1, 0.15) is 5.83 Å². The zero-order valence-corrected chi connectivity index (χ0v) is 4.59. The largest absolute Gasteiger partial charge is 0.279 e. The lowest BCUT2D eigenvalue weighted by Gasteiger charge is -2.18. The van der Waals surface area contributed by atoms with Gasteiger partial charge in [-0.25, -0.2) is 14.6 Å². The summed E-state index contributed by atoms with van der Waals surface area (Å²) in [7, 11) is 0. The number of hydrogen-bond acceptors (Lipinski definition) is 2. The van der Waals surface area contributed by atoms with Crippen LogP contribution in [-0.4, -0.2) is 11.3 Å². The molecule has 1 rings (SSSR count). The van der Waals surface area contributed by atoms with Gasteiger partial charge in [-0.15, -0.1) is 0 Å². The van der Waals surface area contributed by atoms with Crippen LogP contribution >= 0.6 is 0 Å². The first-order valence-corrected chi connectivity index (χ1v) is 2.43. The van der Waals surface area contributed by atoms with Crippen molar-refractivity contribution in [2.24, 2.45) is 5.84 Å². The Morgan fingerprint density at radius 1 is 1.67 bits per heavy atom. The van der Waals surface area contributed by atoms with Gasteiger partial charge >= 0.3 is 0 Å². The lowest BCUT2D eigenvalue weighted by molar-refractivity contribution is 0.173. The summed E-state index contributed by atoms with van der Waals surface area (Å²) in [5, 5.41) is 0.662. The molecule has 0 aliphatic carbocycles. The Labute approximate surface area is 51.2 Å². The molecule has 1 unspecified atom stereocenters. The highest BCUT2D eigenvalue weighted by Gasteiger charge is 2.10. The van der Waals surface area contributed by atoms with Gasteiger partial charge in [-0.3, -0.25) is 5.01 Å². The Balaban J connectivity index is 2.70. The van der Waals surface area contributed by atoms with Crippen LogP contribution in [0.4, 0.5) is 8.78 Å². The predicted octanol–water partition coefficient (Wildman–Crippen LogP) is 0.838. The number of hydrazine groups is 1. The summed E-state index contributed by atoms with van der Waals surface area (Å²) >= 11 is 0. The van der Waals surface area contributed by atoms with Crippen LogP contribution in [0.2, 0.25) is 0 Å². The highest BCUT2D eigenvalue weighted by Crippen LogP contribution is 2.10. The van der Waals surface area contributed by atoms with Crippen LogP contribution < -0.4 is 5.84 Å². The molecule has 0 bridgehead atoms. The SMILES string of the molecule is NN1C=C(F)C=CC1F. The molecule has 0 spiro atoms.